The average molecular weight is 766 g/mol. The van der Waals surface area contributed by atoms with Crippen LogP contribution >= 0.6 is 69.3 Å². The summed E-state index contributed by atoms with van der Waals surface area (Å²) < 4.78 is 36.3. The summed E-state index contributed by atoms with van der Waals surface area (Å²) in [6.07, 6.45) is 0. The van der Waals surface area contributed by atoms with Gasteiger partial charge < -0.3 is 14.6 Å². The van der Waals surface area contributed by atoms with Crippen LogP contribution in [0.4, 0.5) is 4.79 Å². The molecule has 1 aromatic carbocycles. The largest absolute Gasteiger partial charge is 0.475 e. The SMILES string of the molecule is COC(=O)c1csc(C)c1S(=O)(=O)NC(=O)n1nc(OC)n(C)c1=O.O=C(O)c1nc(C(Cl)(Cl)Cl)n(-c2ccc(Cl)cc2Cl)n1. The molecule has 3 heterocycles. The molecule has 0 aliphatic rings. The number of ether oxygens (including phenoxy) is 2. The van der Waals surface area contributed by atoms with Crippen LogP contribution in [0, 0.1) is 6.92 Å². The maximum atomic E-state index is 12.5. The van der Waals surface area contributed by atoms with Crippen molar-refractivity contribution in [1.29, 1.82) is 0 Å². The molecule has 0 atom stereocenters. The molecule has 242 valence electrons. The topological polar surface area (TPSA) is 207 Å². The van der Waals surface area contributed by atoms with Crippen LogP contribution in [0.3, 0.4) is 0 Å². The third-order valence-electron chi connectivity index (χ3n) is 5.32. The van der Waals surface area contributed by atoms with Crippen LogP contribution in [0.5, 0.6) is 6.01 Å². The number of aromatic carboxylic acids is 1. The number of nitrogens with one attached hydrogen (secondary N) is 1. The quantitative estimate of drug-likeness (QED) is 0.212. The number of halogens is 5. The van der Waals surface area contributed by atoms with E-state index in [0.717, 1.165) is 27.7 Å². The molecule has 45 heavy (non-hydrogen) atoms. The average Bonchev–Trinajstić information content (AvgIpc) is 3.64. The highest BCUT2D eigenvalue weighted by atomic mass is 35.6. The van der Waals surface area contributed by atoms with Crippen LogP contribution in [-0.4, -0.2) is 74.8 Å². The summed E-state index contributed by atoms with van der Waals surface area (Å²) in [5, 5.41) is 18.2. The number of aromatic nitrogens is 6. The number of carbonyl (C=O) groups excluding carboxylic acids is 2. The van der Waals surface area contributed by atoms with Gasteiger partial charge in [0.2, 0.25) is 3.79 Å². The Bertz CT molecular complexity index is 1960. The van der Waals surface area contributed by atoms with Crippen molar-refractivity contribution in [1.82, 2.24) is 33.8 Å². The number of carboxylic acid groups (broad SMARTS) is 1. The molecule has 23 heteroatoms. The van der Waals surface area contributed by atoms with Gasteiger partial charge in [0.05, 0.1) is 30.5 Å². The normalized spacial score (nSPS) is 11.4. The van der Waals surface area contributed by atoms with Crippen LogP contribution in [-0.2, 0) is 25.6 Å². The Morgan fingerprint density at radius 2 is 1.76 bits per heavy atom. The number of rotatable bonds is 6. The van der Waals surface area contributed by atoms with E-state index in [1.54, 1.807) is 4.72 Å². The summed E-state index contributed by atoms with van der Waals surface area (Å²) in [5.41, 5.74) is -0.826. The molecule has 0 radical (unpaired) electrons. The van der Waals surface area contributed by atoms with Gasteiger partial charge in [0, 0.05) is 22.3 Å². The fourth-order valence-corrected chi connectivity index (χ4v) is 6.73. The highest BCUT2D eigenvalue weighted by Crippen LogP contribution is 2.39. The molecule has 0 aliphatic carbocycles. The highest BCUT2D eigenvalue weighted by Gasteiger charge is 2.34. The van der Waals surface area contributed by atoms with Crippen molar-refractivity contribution in [2.24, 2.45) is 7.05 Å². The molecule has 4 rings (SSSR count). The van der Waals surface area contributed by atoms with Crippen molar-refractivity contribution < 1.29 is 37.4 Å². The molecular formula is C22H18Cl5N7O9S2. The molecule has 0 aliphatic heterocycles. The number of carbonyl (C=O) groups is 3. The molecule has 0 saturated carbocycles. The number of nitrogens with zero attached hydrogens (tertiary/aromatic N) is 6. The smallest absolute Gasteiger partial charge is 0.375 e. The van der Waals surface area contributed by atoms with Gasteiger partial charge in [0.15, 0.2) is 5.82 Å². The van der Waals surface area contributed by atoms with Crippen LogP contribution < -0.4 is 15.1 Å². The number of hydrogen-bond donors (Lipinski definition) is 2. The molecule has 0 saturated heterocycles. The number of methoxy groups -OCH3 is 2. The third kappa shape index (κ3) is 7.89. The van der Waals surface area contributed by atoms with E-state index in [1.165, 1.54) is 44.7 Å². The lowest BCUT2D eigenvalue weighted by Crippen LogP contribution is -2.40. The maximum absolute atomic E-state index is 12.5. The summed E-state index contributed by atoms with van der Waals surface area (Å²) in [4.78, 5) is 50.3. The Balaban J connectivity index is 0.000000251. The first-order chi connectivity index (χ1) is 20.8. The molecule has 16 nitrogen and oxygen atoms in total. The summed E-state index contributed by atoms with van der Waals surface area (Å²) in [7, 11) is -0.816. The number of aryl methyl sites for hydroxylation is 1. The fraction of sp³-hybridized carbons (Fsp3) is 0.227. The van der Waals surface area contributed by atoms with Crippen LogP contribution in [0.15, 0.2) is 33.3 Å². The number of esters is 1. The highest BCUT2D eigenvalue weighted by molar-refractivity contribution is 7.90. The van der Waals surface area contributed by atoms with Gasteiger partial charge in [0.1, 0.15) is 4.90 Å². The molecule has 0 bridgehead atoms. The van der Waals surface area contributed by atoms with Crippen LogP contribution in [0.25, 0.3) is 5.69 Å². The molecule has 3 aromatic heterocycles. The zero-order chi connectivity index (χ0) is 34.0. The van der Waals surface area contributed by atoms with Gasteiger partial charge in [-0.15, -0.1) is 26.2 Å². The van der Waals surface area contributed by atoms with E-state index < -0.39 is 48.2 Å². The molecule has 1 amide bonds. The Morgan fingerprint density at radius 3 is 2.27 bits per heavy atom. The second-order valence-electron chi connectivity index (χ2n) is 8.25. The molecule has 0 spiro atoms. The summed E-state index contributed by atoms with van der Waals surface area (Å²) in [6.45, 7) is 1.46. The predicted molar refractivity (Wildman–Crippen MR) is 163 cm³/mol. The lowest BCUT2D eigenvalue weighted by atomic mass is 10.3. The van der Waals surface area contributed by atoms with Crippen molar-refractivity contribution in [3.05, 3.63) is 66.2 Å². The lowest BCUT2D eigenvalue weighted by Gasteiger charge is -2.12. The zero-order valence-electron chi connectivity index (χ0n) is 22.9. The number of sulfonamides is 1. The van der Waals surface area contributed by atoms with Crippen molar-refractivity contribution in [2.75, 3.05) is 14.2 Å². The first-order valence-corrected chi connectivity index (χ1v) is 15.8. The van der Waals surface area contributed by atoms with E-state index in [9.17, 15) is 27.6 Å². The lowest BCUT2D eigenvalue weighted by molar-refractivity contribution is 0.0596. The Labute approximate surface area is 282 Å². The van der Waals surface area contributed by atoms with Crippen molar-refractivity contribution in [3.63, 3.8) is 0 Å². The molecule has 2 N–H and O–H groups in total. The van der Waals surface area contributed by atoms with Crippen molar-refractivity contribution in [2.45, 2.75) is 15.6 Å². The third-order valence-corrected chi connectivity index (χ3v) is 8.91. The van der Waals surface area contributed by atoms with Crippen molar-refractivity contribution >= 4 is 97.3 Å². The standard InChI is InChI=1S/C12H14N4O7S2.C10H4Cl5N3O2/c1-6-8(7(5-24-6)9(17)22-3)25(20,21)14-10(18)16-12(19)15(2)11(13-16)23-4;11-4-1-2-6(5(12)3-4)18-9(10(13,14)15)16-7(17-18)8(19)20/h5H,1-4H3,(H,14,18);1-3H,(H,19,20). The maximum Gasteiger partial charge on any atom is 0.375 e. The second-order valence-corrected chi connectivity index (χ2v) is 14.1. The van der Waals surface area contributed by atoms with Crippen LogP contribution in [0.2, 0.25) is 10.0 Å². The number of benzene rings is 1. The summed E-state index contributed by atoms with van der Waals surface area (Å²) >= 11 is 30.1. The Morgan fingerprint density at radius 1 is 1.11 bits per heavy atom. The van der Waals surface area contributed by atoms with E-state index >= 15 is 0 Å². The number of thiophene rings is 1. The molecule has 0 fully saturated rings. The minimum absolute atomic E-state index is 0.181. The Hall–Kier alpha value is -3.39. The van der Waals surface area contributed by atoms with Crippen molar-refractivity contribution in [3.8, 4) is 11.7 Å². The fourth-order valence-electron chi connectivity index (χ4n) is 3.37. The first kappa shape index (κ1) is 36.1. The van der Waals surface area contributed by atoms with Gasteiger partial charge in [-0.1, -0.05) is 58.0 Å². The van der Waals surface area contributed by atoms with E-state index in [0.29, 0.717) is 9.70 Å². The van der Waals surface area contributed by atoms with E-state index in [-0.39, 0.29) is 33.0 Å². The minimum atomic E-state index is -4.45. The Kier molecular flexibility index (Phi) is 11.2. The second kappa shape index (κ2) is 13.9. The minimum Gasteiger partial charge on any atom is -0.475 e. The number of hydrogen-bond acceptors (Lipinski definition) is 12. The predicted octanol–water partition coefficient (Wildman–Crippen LogP) is 3.79. The van der Waals surface area contributed by atoms with Gasteiger partial charge in [-0.2, -0.15) is 0 Å². The van der Waals surface area contributed by atoms with Gasteiger partial charge in [-0.05, 0) is 25.1 Å². The van der Waals surface area contributed by atoms with E-state index in [2.05, 4.69) is 19.9 Å². The summed E-state index contributed by atoms with van der Waals surface area (Å²) in [6, 6.07) is 2.99. The monoisotopic (exact) mass is 763 g/mol. The first-order valence-electron chi connectivity index (χ1n) is 11.5. The van der Waals surface area contributed by atoms with Gasteiger partial charge in [-0.25, -0.2) is 46.6 Å². The molecular weight excluding hydrogens is 748 g/mol. The summed E-state index contributed by atoms with van der Waals surface area (Å²) in [5.74, 6) is -2.93. The van der Waals surface area contributed by atoms with E-state index in [1.807, 2.05) is 0 Å². The van der Waals surface area contributed by atoms with Gasteiger partial charge in [-0.3, -0.25) is 0 Å². The zero-order valence-corrected chi connectivity index (χ0v) is 28.3. The number of carboxylic acids is 1. The number of amides is 1. The van der Waals surface area contributed by atoms with E-state index in [4.69, 9.17) is 67.8 Å². The molecule has 0 unspecified atom stereocenters. The van der Waals surface area contributed by atoms with Gasteiger partial charge in [0.25, 0.3) is 15.8 Å². The van der Waals surface area contributed by atoms with Crippen LogP contribution in [0.1, 0.15) is 31.7 Å². The number of alkyl halides is 3. The van der Waals surface area contributed by atoms with Gasteiger partial charge >= 0.3 is 29.7 Å². The molecule has 4 aromatic rings.